The molecule has 0 unspecified atom stereocenters. The van der Waals surface area contributed by atoms with Crippen LogP contribution in [-0.2, 0) is 72.7 Å². The normalized spacial score (nSPS) is 18.1. The number of carbonyl (C=O) groups is 15. The molecule has 0 aliphatic carbocycles. The van der Waals surface area contributed by atoms with Gasteiger partial charge >= 0.3 is 17.9 Å². The molecule has 3 heterocycles. The summed E-state index contributed by atoms with van der Waals surface area (Å²) in [5.74, 6) is -17.0. The Labute approximate surface area is 574 Å². The van der Waals surface area contributed by atoms with Crippen LogP contribution in [0.15, 0.2) is 59.6 Å². The predicted octanol–water partition coefficient (Wildman–Crippen LogP) is -7.62. The third-order valence-electron chi connectivity index (χ3n) is 14.9. The average Bonchev–Trinajstić information content (AvgIpc) is 1.48. The van der Waals surface area contributed by atoms with Gasteiger partial charge in [0, 0.05) is 59.0 Å². The van der Waals surface area contributed by atoms with E-state index < -0.39 is 195 Å². The minimum absolute atomic E-state index is 0.0224. The van der Waals surface area contributed by atoms with Crippen molar-refractivity contribution < 1.29 is 112 Å². The van der Waals surface area contributed by atoms with Crippen molar-refractivity contribution in [3.63, 3.8) is 0 Å². The zero-order valence-electron chi connectivity index (χ0n) is 52.9. The molecule has 39 nitrogen and oxygen atoms in total. The van der Waals surface area contributed by atoms with E-state index in [-0.39, 0.29) is 91.0 Å². The molecule has 100 heavy (non-hydrogen) atoms. The number of unbranched alkanes of at least 4 members (excludes halogenated alkanes) is 1. The van der Waals surface area contributed by atoms with Gasteiger partial charge in [-0.3, -0.25) is 67.3 Å². The highest BCUT2D eigenvalue weighted by Gasteiger charge is 2.54. The number of hydrogen-bond acceptors (Lipinski definition) is 25. The number of nitrogens with one attached hydrogen (secondary N) is 12. The van der Waals surface area contributed by atoms with Crippen molar-refractivity contribution in [2.45, 2.75) is 86.4 Å². The number of aliphatic imine (C=N–C) groups is 1. The lowest BCUT2D eigenvalue weighted by Gasteiger charge is -2.36. The molecule has 3 aromatic carbocycles. The first-order valence-electron chi connectivity index (χ1n) is 30.4. The number of rotatable bonds is 29. The Balaban J connectivity index is 1.06. The number of amides is 12. The van der Waals surface area contributed by atoms with Crippen molar-refractivity contribution in [1.82, 2.24) is 63.8 Å². The summed E-state index contributed by atoms with van der Waals surface area (Å²) in [5.41, 5.74) is 15.6. The molecular weight excluding hydrogens is 1360 g/mol. The minimum atomic E-state index is -1.79. The molecule has 6 rings (SSSR count). The lowest BCUT2D eigenvalue weighted by atomic mass is 9.77. The van der Waals surface area contributed by atoms with E-state index >= 15 is 0 Å². The SMILES string of the molecule is NCC(=O)N[C@@H](CO)C(=O)N[C@@H](CO)C(=O)N[C@@H](CCCCNC(=O)c1ccc2c(c1)C(=O)OC21c2ccc(O)cc2Oc2cc(O)ccc21)C(=O)NCC(=O)NCC(=O)NCC(=O)N[C@H]1CSSC[C@@H](C(=O)O)NC(=O)[C@H](CC(=O)O)NC(=O)CNC(=O)[C@H](CCCN=C(N)N)NC1=O. The lowest BCUT2D eigenvalue weighted by Crippen LogP contribution is -2.59. The van der Waals surface area contributed by atoms with Gasteiger partial charge in [0.05, 0.1) is 57.9 Å². The number of esters is 1. The third kappa shape index (κ3) is 22.0. The number of carboxylic acids is 2. The Morgan fingerprint density at radius 3 is 1.85 bits per heavy atom. The fourth-order valence-electron chi connectivity index (χ4n) is 9.92. The second kappa shape index (κ2) is 37.1. The van der Waals surface area contributed by atoms with Crippen LogP contribution in [0.5, 0.6) is 23.0 Å². The van der Waals surface area contributed by atoms with Crippen LogP contribution in [0.2, 0.25) is 0 Å². The molecule has 0 saturated carbocycles. The summed E-state index contributed by atoms with van der Waals surface area (Å²) in [6.45, 7) is -6.04. The number of nitrogens with two attached hydrogens (primary N) is 3. The Morgan fingerprint density at radius 2 is 1.24 bits per heavy atom. The van der Waals surface area contributed by atoms with Crippen molar-refractivity contribution in [3.8, 4) is 23.0 Å². The number of ether oxygens (including phenoxy) is 2. The van der Waals surface area contributed by atoms with E-state index in [2.05, 4.69) is 68.8 Å². The maximum atomic E-state index is 13.8. The molecule has 41 heteroatoms. The molecule has 540 valence electrons. The summed E-state index contributed by atoms with van der Waals surface area (Å²) in [6.07, 6.45) is -1.12. The van der Waals surface area contributed by atoms with E-state index in [0.29, 0.717) is 16.7 Å². The molecule has 12 amide bonds. The summed E-state index contributed by atoms with van der Waals surface area (Å²) in [4.78, 5) is 199. The summed E-state index contributed by atoms with van der Waals surface area (Å²) in [6, 6.07) is 1.33. The molecule has 3 aliphatic rings. The van der Waals surface area contributed by atoms with E-state index in [9.17, 15) is 103 Å². The average molecular weight is 1440 g/mol. The van der Waals surface area contributed by atoms with Crippen LogP contribution >= 0.6 is 21.6 Å². The maximum absolute atomic E-state index is 13.8. The van der Waals surface area contributed by atoms with Gasteiger partial charge in [0.2, 0.25) is 65.0 Å². The lowest BCUT2D eigenvalue weighted by molar-refractivity contribution is -0.143. The van der Waals surface area contributed by atoms with E-state index in [1.165, 1.54) is 54.6 Å². The van der Waals surface area contributed by atoms with Crippen LogP contribution in [0.25, 0.3) is 0 Å². The summed E-state index contributed by atoms with van der Waals surface area (Å²) in [5, 5.41) is 86.9. The number of benzene rings is 3. The van der Waals surface area contributed by atoms with Crippen LogP contribution in [0.4, 0.5) is 0 Å². The van der Waals surface area contributed by atoms with Crippen molar-refractivity contribution in [3.05, 3.63) is 82.4 Å². The van der Waals surface area contributed by atoms with E-state index in [4.69, 9.17) is 26.7 Å². The van der Waals surface area contributed by atoms with Gasteiger partial charge < -0.3 is 121 Å². The topological polar surface area (TPSA) is 631 Å². The predicted molar refractivity (Wildman–Crippen MR) is 348 cm³/mol. The molecule has 7 atom stereocenters. The number of phenols is 2. The quantitative estimate of drug-likeness (QED) is 0.0101. The molecule has 3 aliphatic heterocycles. The summed E-state index contributed by atoms with van der Waals surface area (Å²) in [7, 11) is 1.61. The highest BCUT2D eigenvalue weighted by atomic mass is 33.1. The van der Waals surface area contributed by atoms with Crippen molar-refractivity contribution in [2.75, 3.05) is 70.5 Å². The molecule has 24 N–H and O–H groups in total. The number of aromatic hydroxyl groups is 2. The van der Waals surface area contributed by atoms with E-state index in [1.807, 2.05) is 0 Å². The van der Waals surface area contributed by atoms with Crippen LogP contribution in [0, 0.1) is 0 Å². The Kier molecular flexibility index (Phi) is 28.9. The van der Waals surface area contributed by atoms with Gasteiger partial charge in [-0.25, -0.2) is 9.59 Å². The Bertz CT molecular complexity index is 3620. The summed E-state index contributed by atoms with van der Waals surface area (Å²) < 4.78 is 12.1. The smallest absolute Gasteiger partial charge is 0.340 e. The van der Waals surface area contributed by atoms with E-state index in [0.717, 1.165) is 21.6 Å². The number of fused-ring (bicyclic) bond motifs is 6. The molecule has 3 aromatic rings. The van der Waals surface area contributed by atoms with Crippen molar-refractivity contribution in [1.29, 1.82) is 0 Å². The molecule has 0 aromatic heterocycles. The van der Waals surface area contributed by atoms with Crippen LogP contribution in [-0.4, -0.2) is 238 Å². The number of aliphatic hydroxyl groups is 2. The molecule has 0 bridgehead atoms. The van der Waals surface area contributed by atoms with Gasteiger partial charge in [-0.05, 0) is 68.5 Å². The second-order valence-corrected chi connectivity index (χ2v) is 24.7. The number of phenolic OH excluding ortho intramolecular Hbond substituents is 2. The maximum Gasteiger partial charge on any atom is 0.340 e. The monoisotopic (exact) mass is 1440 g/mol. The van der Waals surface area contributed by atoms with Gasteiger partial charge in [0.25, 0.3) is 5.91 Å². The number of nitrogens with zero attached hydrogens (tertiary/aromatic N) is 1. The van der Waals surface area contributed by atoms with Crippen LogP contribution < -0.4 is 85.7 Å². The van der Waals surface area contributed by atoms with Crippen LogP contribution in [0.3, 0.4) is 0 Å². The summed E-state index contributed by atoms with van der Waals surface area (Å²) >= 11 is 0. The van der Waals surface area contributed by atoms with Gasteiger partial charge in [-0.2, -0.15) is 0 Å². The Hall–Kier alpha value is -11.0. The van der Waals surface area contributed by atoms with E-state index in [1.54, 1.807) is 0 Å². The first-order valence-corrected chi connectivity index (χ1v) is 32.9. The number of carboxylic acid groups (broad SMARTS) is 2. The van der Waals surface area contributed by atoms with Crippen molar-refractivity contribution in [2.24, 2.45) is 22.2 Å². The fourth-order valence-corrected chi connectivity index (χ4v) is 12.2. The third-order valence-corrected chi connectivity index (χ3v) is 17.3. The highest BCUT2D eigenvalue weighted by molar-refractivity contribution is 8.76. The van der Waals surface area contributed by atoms with Crippen molar-refractivity contribution >= 4 is 116 Å². The zero-order valence-corrected chi connectivity index (χ0v) is 54.5. The second-order valence-electron chi connectivity index (χ2n) is 22.2. The first-order chi connectivity index (χ1) is 47.6. The number of guanidine groups is 1. The van der Waals surface area contributed by atoms with Gasteiger partial charge in [0.15, 0.2) is 11.6 Å². The largest absolute Gasteiger partial charge is 0.508 e. The number of aliphatic hydroxyl groups excluding tert-OH is 2. The fraction of sp³-hybridized carbons (Fsp3) is 0.424. The number of carbonyl (C=O) groups excluding carboxylic acids is 13. The van der Waals surface area contributed by atoms with Gasteiger partial charge in [-0.15, -0.1) is 0 Å². The molecular formula is C59H74N16O23S2. The molecule has 1 spiro atoms. The van der Waals surface area contributed by atoms with Crippen LogP contribution in [0.1, 0.15) is 75.9 Å². The van der Waals surface area contributed by atoms with Gasteiger partial charge in [-0.1, -0.05) is 27.7 Å². The molecule has 0 radical (unpaired) electrons. The molecule has 1 saturated heterocycles. The minimum Gasteiger partial charge on any atom is -0.508 e. The van der Waals surface area contributed by atoms with Gasteiger partial charge in [0.1, 0.15) is 65.3 Å². The Morgan fingerprint density at radius 1 is 0.640 bits per heavy atom. The standard InChI is InChI=1S/C59H74N16O23S2/c60-18-43(80)70-37(23-76)53(91)74-38(24-77)54(92)72-34(4-1-2-12-63-49(87)27-6-9-31-30(14-27)57(96)98-59(31)32-10-7-28(78)15-41(32)97-42-16-29(79)8-11-33(42)59)50(88)67-20-45(82)65-19-44(81)66-21-46(83)71-39-25-99-100-26-40(56(94)95)75-52(90)36(17-48(85)86)69-47(84)22-68-51(89)35(73-55(39)93)5-3-13-64-58(61)62/h6-11,14-16,34-40,76-79H,1-5,12-13,17-26,60H2,(H,63,87)(H,65,82)(H,66,81)(H,67,88)(H,68,89)(H,69,84)(H,70,80)(H,71,83)(H,72,92)(H,73,93)(H,74,91)(H,75,90)(H,85,86)(H,94,95)(H4,61,62,64)/t34-,35-,36-,37-,38-,39-,40-/m0/s1. The molecule has 1 fully saturated rings. The number of aliphatic carboxylic acids is 2. The highest BCUT2D eigenvalue weighted by Crippen LogP contribution is 2.57. The zero-order chi connectivity index (χ0) is 73.4. The number of hydrogen-bond donors (Lipinski definition) is 21. The first kappa shape index (κ1) is 78.0.